The Hall–Kier alpha value is -1.76. The Morgan fingerprint density at radius 3 is 2.75 bits per heavy atom. The number of anilines is 1. The first kappa shape index (κ1) is 18.6. The van der Waals surface area contributed by atoms with E-state index in [9.17, 15) is 0 Å². The van der Waals surface area contributed by atoms with Crippen LogP contribution in [0.1, 0.15) is 28.7 Å². The number of nitrogens with two attached hydrogens (primary N) is 1. The number of rotatable bonds is 4. The molecule has 0 spiro atoms. The summed E-state index contributed by atoms with van der Waals surface area (Å²) in [5, 5.41) is 3.18. The molecular weight excluding hydrogens is 413 g/mol. The zero-order valence-electron chi connectivity index (χ0n) is 14.1. The van der Waals surface area contributed by atoms with Crippen LogP contribution in [0, 0.1) is 6.92 Å². The molecule has 4 nitrogen and oxygen atoms in total. The molecule has 0 fully saturated rings. The summed E-state index contributed by atoms with van der Waals surface area (Å²) in [6, 6.07) is 12.5. The highest BCUT2D eigenvalue weighted by Gasteiger charge is 2.11. The van der Waals surface area contributed by atoms with Crippen molar-refractivity contribution in [2.24, 2.45) is 10.7 Å². The minimum Gasteiger partial charge on any atom is -0.496 e. The van der Waals surface area contributed by atoms with Crippen LogP contribution in [0.2, 0.25) is 0 Å². The van der Waals surface area contributed by atoms with E-state index in [1.165, 1.54) is 29.5 Å². The topological polar surface area (TPSA) is 59.6 Å². The molecule has 0 heterocycles. The molecule has 0 radical (unpaired) electrons. The monoisotopic (exact) mass is 437 g/mol. The fourth-order valence-corrected chi connectivity index (χ4v) is 2.99. The van der Waals surface area contributed by atoms with Gasteiger partial charge in [0.25, 0.3) is 0 Å². The van der Waals surface area contributed by atoms with Gasteiger partial charge in [0.05, 0.1) is 13.7 Å². The van der Waals surface area contributed by atoms with Gasteiger partial charge in [-0.15, -0.1) is 24.0 Å². The summed E-state index contributed by atoms with van der Waals surface area (Å²) >= 11 is 0. The minimum atomic E-state index is 0. The van der Waals surface area contributed by atoms with Gasteiger partial charge in [0.2, 0.25) is 0 Å². The number of hydrogen-bond acceptors (Lipinski definition) is 2. The maximum absolute atomic E-state index is 6.02. The Bertz CT molecular complexity index is 743. The summed E-state index contributed by atoms with van der Waals surface area (Å²) in [6.45, 7) is 2.53. The van der Waals surface area contributed by atoms with Crippen LogP contribution < -0.4 is 15.8 Å². The highest BCUT2D eigenvalue weighted by atomic mass is 127. The van der Waals surface area contributed by atoms with Gasteiger partial charge in [-0.3, -0.25) is 0 Å². The molecule has 3 N–H and O–H groups in total. The molecule has 5 heteroatoms. The molecule has 0 bridgehead atoms. The maximum atomic E-state index is 6.02. The molecule has 1 aliphatic carbocycles. The van der Waals surface area contributed by atoms with E-state index in [4.69, 9.17) is 10.5 Å². The van der Waals surface area contributed by atoms with Gasteiger partial charge in [-0.2, -0.15) is 0 Å². The summed E-state index contributed by atoms with van der Waals surface area (Å²) < 4.78 is 5.40. The van der Waals surface area contributed by atoms with Crippen LogP contribution >= 0.6 is 24.0 Å². The number of guanidine groups is 1. The number of ether oxygens (including phenoxy) is 1. The predicted octanol–water partition coefficient (Wildman–Crippen LogP) is 4.04. The number of aliphatic imine (C=N–C) groups is 1. The van der Waals surface area contributed by atoms with Crippen LogP contribution in [0.15, 0.2) is 41.4 Å². The van der Waals surface area contributed by atoms with Gasteiger partial charge in [0.15, 0.2) is 5.96 Å². The molecule has 24 heavy (non-hydrogen) atoms. The summed E-state index contributed by atoms with van der Waals surface area (Å²) in [6.07, 6.45) is 3.59. The standard InChI is InChI=1S/C19H23N3O.HI/c1-13-6-7-16(18(10-13)23-2)12-21-19(20)22-17-9-8-14-4-3-5-15(14)11-17;/h6-11H,3-5,12H2,1-2H3,(H3,20,21,22);1H. The van der Waals surface area contributed by atoms with Crippen molar-refractivity contribution in [1.82, 2.24) is 0 Å². The maximum Gasteiger partial charge on any atom is 0.193 e. The molecule has 0 saturated carbocycles. The number of fused-ring (bicyclic) bond motifs is 1. The number of benzene rings is 2. The van der Waals surface area contributed by atoms with E-state index in [1.807, 2.05) is 19.1 Å². The third-order valence-electron chi connectivity index (χ3n) is 4.23. The van der Waals surface area contributed by atoms with E-state index < -0.39 is 0 Å². The van der Waals surface area contributed by atoms with Gasteiger partial charge in [0, 0.05) is 11.3 Å². The molecule has 1 aliphatic rings. The lowest BCUT2D eigenvalue weighted by Gasteiger charge is -2.10. The Kier molecular flexibility index (Phi) is 6.48. The molecule has 0 unspecified atom stereocenters. The highest BCUT2D eigenvalue weighted by molar-refractivity contribution is 14.0. The first-order chi connectivity index (χ1) is 11.2. The zero-order chi connectivity index (χ0) is 16.2. The van der Waals surface area contributed by atoms with E-state index in [1.54, 1.807) is 7.11 Å². The van der Waals surface area contributed by atoms with Crippen molar-refractivity contribution in [3.8, 4) is 5.75 Å². The van der Waals surface area contributed by atoms with E-state index in [-0.39, 0.29) is 24.0 Å². The molecule has 2 aromatic rings. The molecule has 128 valence electrons. The highest BCUT2D eigenvalue weighted by Crippen LogP contribution is 2.25. The van der Waals surface area contributed by atoms with Gasteiger partial charge in [-0.25, -0.2) is 4.99 Å². The van der Waals surface area contributed by atoms with E-state index in [0.717, 1.165) is 23.4 Å². The lowest BCUT2D eigenvalue weighted by atomic mass is 10.1. The van der Waals surface area contributed by atoms with Crippen LogP contribution in [0.3, 0.4) is 0 Å². The average molecular weight is 437 g/mol. The second-order valence-electron chi connectivity index (χ2n) is 5.98. The van der Waals surface area contributed by atoms with Gasteiger partial charge < -0.3 is 15.8 Å². The van der Waals surface area contributed by atoms with Crippen molar-refractivity contribution in [3.05, 3.63) is 58.7 Å². The van der Waals surface area contributed by atoms with Crippen molar-refractivity contribution in [1.29, 1.82) is 0 Å². The average Bonchev–Trinajstić information content (AvgIpc) is 3.01. The molecule has 0 aliphatic heterocycles. The number of nitrogens with zero attached hydrogens (tertiary/aromatic N) is 1. The summed E-state index contributed by atoms with van der Waals surface area (Å²) in [7, 11) is 1.67. The molecule has 3 rings (SSSR count). The fraction of sp³-hybridized carbons (Fsp3) is 0.316. The van der Waals surface area contributed by atoms with Crippen LogP contribution in [-0.4, -0.2) is 13.1 Å². The van der Waals surface area contributed by atoms with E-state index in [0.29, 0.717) is 12.5 Å². The molecular formula is C19H24IN3O. The second-order valence-corrected chi connectivity index (χ2v) is 5.98. The van der Waals surface area contributed by atoms with Crippen LogP contribution in [0.5, 0.6) is 5.75 Å². The summed E-state index contributed by atoms with van der Waals surface area (Å²) in [5.41, 5.74) is 12.1. The lowest BCUT2D eigenvalue weighted by Crippen LogP contribution is -2.22. The van der Waals surface area contributed by atoms with E-state index in [2.05, 4.69) is 34.6 Å². The molecule has 0 saturated heterocycles. The van der Waals surface area contributed by atoms with E-state index >= 15 is 0 Å². The number of methoxy groups -OCH3 is 1. The largest absolute Gasteiger partial charge is 0.496 e. The van der Waals surface area contributed by atoms with Crippen molar-refractivity contribution < 1.29 is 4.74 Å². The van der Waals surface area contributed by atoms with Crippen molar-refractivity contribution in [2.45, 2.75) is 32.7 Å². The van der Waals surface area contributed by atoms with Crippen LogP contribution in [0.25, 0.3) is 0 Å². The molecule has 0 amide bonds. The molecule has 2 aromatic carbocycles. The lowest BCUT2D eigenvalue weighted by molar-refractivity contribution is 0.409. The number of halogens is 1. The smallest absolute Gasteiger partial charge is 0.193 e. The third kappa shape index (κ3) is 4.41. The third-order valence-corrected chi connectivity index (χ3v) is 4.23. The first-order valence-corrected chi connectivity index (χ1v) is 7.98. The quantitative estimate of drug-likeness (QED) is 0.431. The van der Waals surface area contributed by atoms with Crippen LogP contribution in [0.4, 0.5) is 5.69 Å². The van der Waals surface area contributed by atoms with Crippen molar-refractivity contribution in [2.75, 3.05) is 12.4 Å². The fourth-order valence-electron chi connectivity index (χ4n) is 2.99. The zero-order valence-corrected chi connectivity index (χ0v) is 16.5. The van der Waals surface area contributed by atoms with Crippen molar-refractivity contribution in [3.63, 3.8) is 0 Å². The Balaban J connectivity index is 0.00000208. The second kappa shape index (κ2) is 8.37. The summed E-state index contributed by atoms with van der Waals surface area (Å²) in [5.74, 6) is 1.27. The predicted molar refractivity (Wildman–Crippen MR) is 111 cm³/mol. The SMILES string of the molecule is COc1cc(C)ccc1CN=C(N)Nc1ccc2c(c1)CCC2.I. The van der Waals surface area contributed by atoms with Crippen molar-refractivity contribution >= 4 is 35.6 Å². The van der Waals surface area contributed by atoms with Gasteiger partial charge in [0.1, 0.15) is 5.75 Å². The number of hydrogen-bond donors (Lipinski definition) is 2. The van der Waals surface area contributed by atoms with Gasteiger partial charge >= 0.3 is 0 Å². The number of aryl methyl sites for hydroxylation is 3. The Morgan fingerprint density at radius 1 is 1.17 bits per heavy atom. The normalized spacial score (nSPS) is 13.2. The molecule has 0 atom stereocenters. The Labute approximate surface area is 160 Å². The molecule has 0 aromatic heterocycles. The number of nitrogens with one attached hydrogen (secondary N) is 1. The van der Waals surface area contributed by atoms with Crippen LogP contribution in [-0.2, 0) is 19.4 Å². The Morgan fingerprint density at radius 2 is 1.96 bits per heavy atom. The summed E-state index contributed by atoms with van der Waals surface area (Å²) in [4.78, 5) is 4.42. The van der Waals surface area contributed by atoms with Gasteiger partial charge in [-0.05, 0) is 61.1 Å². The minimum absolute atomic E-state index is 0. The first-order valence-electron chi connectivity index (χ1n) is 7.98. The van der Waals surface area contributed by atoms with Gasteiger partial charge in [-0.1, -0.05) is 18.2 Å².